The van der Waals surface area contributed by atoms with Crippen LogP contribution in [0.4, 0.5) is 5.82 Å². The number of rotatable bonds is 3. The zero-order chi connectivity index (χ0) is 12.4. The first-order valence-corrected chi connectivity index (χ1v) is 5.76. The Morgan fingerprint density at radius 1 is 1.65 bits per heavy atom. The highest BCUT2D eigenvalue weighted by Crippen LogP contribution is 2.22. The molecule has 1 aromatic rings. The number of carbonyl (C=O) groups excluding carboxylic acids is 1. The summed E-state index contributed by atoms with van der Waals surface area (Å²) in [6.45, 7) is 3.14. The Bertz CT molecular complexity index is 403. The summed E-state index contributed by atoms with van der Waals surface area (Å²) in [6.07, 6.45) is 1.95. The van der Waals surface area contributed by atoms with E-state index in [1.165, 1.54) is 0 Å². The number of hydrogen-bond acceptors (Lipinski definition) is 4. The van der Waals surface area contributed by atoms with E-state index in [4.69, 9.17) is 5.73 Å². The lowest BCUT2D eigenvalue weighted by Gasteiger charge is -2.17. The third-order valence-electron chi connectivity index (χ3n) is 3.17. The van der Waals surface area contributed by atoms with Crippen LogP contribution in [-0.2, 0) is 4.79 Å². The topological polar surface area (TPSA) is 79.5 Å². The van der Waals surface area contributed by atoms with E-state index < -0.39 is 6.10 Å². The zero-order valence-corrected chi connectivity index (χ0v) is 9.84. The molecule has 2 unspecified atom stereocenters. The summed E-state index contributed by atoms with van der Waals surface area (Å²) in [5, 5.41) is 9.38. The number of amides is 1. The molecule has 92 valence electrons. The number of pyridine rings is 1. The summed E-state index contributed by atoms with van der Waals surface area (Å²) in [6, 6.07) is 3.72. The maximum Gasteiger partial charge on any atom is 0.222 e. The number of hydrogen-bond donors (Lipinski definition) is 2. The van der Waals surface area contributed by atoms with Gasteiger partial charge in [0.05, 0.1) is 12.0 Å². The van der Waals surface area contributed by atoms with E-state index in [0.29, 0.717) is 6.54 Å². The van der Waals surface area contributed by atoms with E-state index >= 15 is 0 Å². The molecule has 17 heavy (non-hydrogen) atoms. The van der Waals surface area contributed by atoms with Crippen LogP contribution in [0.1, 0.15) is 25.0 Å². The van der Waals surface area contributed by atoms with Gasteiger partial charge in [-0.25, -0.2) is 4.98 Å². The molecule has 0 spiro atoms. The number of primary amides is 1. The van der Waals surface area contributed by atoms with Gasteiger partial charge in [0.2, 0.25) is 5.91 Å². The van der Waals surface area contributed by atoms with E-state index in [1.807, 2.05) is 17.0 Å². The molecule has 1 fully saturated rings. The van der Waals surface area contributed by atoms with Crippen LogP contribution in [0.5, 0.6) is 0 Å². The third-order valence-corrected chi connectivity index (χ3v) is 3.17. The van der Waals surface area contributed by atoms with Gasteiger partial charge in [-0.05, 0) is 25.0 Å². The van der Waals surface area contributed by atoms with Crippen molar-refractivity contribution in [2.24, 2.45) is 11.7 Å². The Morgan fingerprint density at radius 2 is 2.41 bits per heavy atom. The molecule has 0 aliphatic carbocycles. The highest BCUT2D eigenvalue weighted by Gasteiger charge is 2.27. The number of carbonyl (C=O) groups is 1. The molecule has 1 aliphatic rings. The molecular weight excluding hydrogens is 218 g/mol. The Labute approximate surface area is 100 Å². The van der Waals surface area contributed by atoms with Crippen LogP contribution in [0.2, 0.25) is 0 Å². The SMILES string of the molecule is CC(O)c1ccc(N2CCC(C(N)=O)C2)nc1. The highest BCUT2D eigenvalue weighted by molar-refractivity contribution is 5.78. The van der Waals surface area contributed by atoms with Crippen LogP contribution in [0.3, 0.4) is 0 Å². The van der Waals surface area contributed by atoms with Gasteiger partial charge in [0.25, 0.3) is 0 Å². The minimum Gasteiger partial charge on any atom is -0.389 e. The van der Waals surface area contributed by atoms with Gasteiger partial charge < -0.3 is 15.7 Å². The molecule has 5 heteroatoms. The molecule has 0 saturated carbocycles. The van der Waals surface area contributed by atoms with Crippen molar-refractivity contribution in [3.63, 3.8) is 0 Å². The molecule has 0 bridgehead atoms. The first kappa shape index (κ1) is 11.9. The van der Waals surface area contributed by atoms with Gasteiger partial charge in [-0.2, -0.15) is 0 Å². The summed E-state index contributed by atoms with van der Waals surface area (Å²) in [7, 11) is 0. The maximum atomic E-state index is 11.1. The monoisotopic (exact) mass is 235 g/mol. The Balaban J connectivity index is 2.06. The molecule has 2 rings (SSSR count). The molecule has 0 radical (unpaired) electrons. The van der Waals surface area contributed by atoms with Crippen LogP contribution < -0.4 is 10.6 Å². The van der Waals surface area contributed by atoms with Crippen molar-refractivity contribution in [1.29, 1.82) is 0 Å². The summed E-state index contributed by atoms with van der Waals surface area (Å²) in [5.74, 6) is 0.513. The van der Waals surface area contributed by atoms with Crippen LogP contribution in [0.25, 0.3) is 0 Å². The fourth-order valence-corrected chi connectivity index (χ4v) is 2.03. The molecule has 1 aromatic heterocycles. The molecule has 1 amide bonds. The number of aromatic nitrogens is 1. The molecule has 1 saturated heterocycles. The average Bonchev–Trinajstić information content (AvgIpc) is 2.78. The first-order chi connectivity index (χ1) is 8.08. The van der Waals surface area contributed by atoms with Crippen molar-refractivity contribution in [1.82, 2.24) is 4.98 Å². The van der Waals surface area contributed by atoms with Gasteiger partial charge in [-0.1, -0.05) is 6.07 Å². The number of aliphatic hydroxyl groups is 1. The molecule has 1 aliphatic heterocycles. The molecule has 2 atom stereocenters. The molecular formula is C12H17N3O2. The number of nitrogens with two attached hydrogens (primary N) is 1. The van der Waals surface area contributed by atoms with Gasteiger partial charge in [0.15, 0.2) is 0 Å². The second-order valence-corrected chi connectivity index (χ2v) is 4.46. The van der Waals surface area contributed by atoms with Gasteiger partial charge in [-0.15, -0.1) is 0 Å². The van der Waals surface area contributed by atoms with Gasteiger partial charge in [-0.3, -0.25) is 4.79 Å². The van der Waals surface area contributed by atoms with Crippen molar-refractivity contribution < 1.29 is 9.90 Å². The summed E-state index contributed by atoms with van der Waals surface area (Å²) < 4.78 is 0. The van der Waals surface area contributed by atoms with E-state index in [-0.39, 0.29) is 11.8 Å². The normalized spacial score (nSPS) is 21.5. The third kappa shape index (κ3) is 2.55. The molecule has 0 aromatic carbocycles. The van der Waals surface area contributed by atoms with Crippen molar-refractivity contribution in [3.8, 4) is 0 Å². The van der Waals surface area contributed by atoms with Crippen LogP contribution in [-0.4, -0.2) is 29.1 Å². The smallest absolute Gasteiger partial charge is 0.222 e. The highest BCUT2D eigenvalue weighted by atomic mass is 16.3. The lowest BCUT2D eigenvalue weighted by Crippen LogP contribution is -2.27. The minimum atomic E-state index is -0.506. The second kappa shape index (κ2) is 4.71. The number of aliphatic hydroxyl groups excluding tert-OH is 1. The van der Waals surface area contributed by atoms with Gasteiger partial charge in [0.1, 0.15) is 5.82 Å². The summed E-state index contributed by atoms with van der Waals surface area (Å²) in [5.41, 5.74) is 6.07. The predicted molar refractivity (Wildman–Crippen MR) is 64.4 cm³/mol. The predicted octanol–water partition coefficient (Wildman–Crippen LogP) is 0.446. The Morgan fingerprint density at radius 3 is 2.88 bits per heavy atom. The fourth-order valence-electron chi connectivity index (χ4n) is 2.03. The zero-order valence-electron chi connectivity index (χ0n) is 9.84. The van der Waals surface area contributed by atoms with Crippen molar-refractivity contribution >= 4 is 11.7 Å². The average molecular weight is 235 g/mol. The maximum absolute atomic E-state index is 11.1. The van der Waals surface area contributed by atoms with Gasteiger partial charge >= 0.3 is 0 Å². The summed E-state index contributed by atoms with van der Waals surface area (Å²) in [4.78, 5) is 17.4. The lowest BCUT2D eigenvalue weighted by molar-refractivity contribution is -0.121. The number of anilines is 1. The largest absolute Gasteiger partial charge is 0.389 e. The quantitative estimate of drug-likeness (QED) is 0.797. The van der Waals surface area contributed by atoms with Crippen molar-refractivity contribution in [3.05, 3.63) is 23.9 Å². The van der Waals surface area contributed by atoms with Crippen LogP contribution >= 0.6 is 0 Å². The standard InChI is InChI=1S/C12H17N3O2/c1-8(16)9-2-3-11(14-6-9)15-5-4-10(7-15)12(13)17/h2-3,6,8,10,16H,4-5,7H2,1H3,(H2,13,17). The molecule has 3 N–H and O–H groups in total. The minimum absolute atomic E-state index is 0.0757. The number of nitrogens with zero attached hydrogens (tertiary/aromatic N) is 2. The van der Waals surface area contributed by atoms with Crippen molar-refractivity contribution in [2.75, 3.05) is 18.0 Å². The molecule has 2 heterocycles. The van der Waals surface area contributed by atoms with E-state index in [9.17, 15) is 9.90 Å². The van der Waals surface area contributed by atoms with E-state index in [0.717, 1.165) is 24.3 Å². The Kier molecular flexibility index (Phi) is 3.28. The summed E-state index contributed by atoms with van der Waals surface area (Å²) >= 11 is 0. The van der Waals surface area contributed by atoms with E-state index in [2.05, 4.69) is 4.98 Å². The van der Waals surface area contributed by atoms with Gasteiger partial charge in [0, 0.05) is 19.3 Å². The van der Waals surface area contributed by atoms with E-state index in [1.54, 1.807) is 13.1 Å². The Hall–Kier alpha value is -1.62. The first-order valence-electron chi connectivity index (χ1n) is 5.76. The van der Waals surface area contributed by atoms with Crippen LogP contribution in [0, 0.1) is 5.92 Å². The lowest BCUT2D eigenvalue weighted by atomic mass is 10.1. The molecule has 5 nitrogen and oxygen atoms in total. The fraction of sp³-hybridized carbons (Fsp3) is 0.500. The second-order valence-electron chi connectivity index (χ2n) is 4.46. The van der Waals surface area contributed by atoms with Crippen molar-refractivity contribution in [2.45, 2.75) is 19.4 Å². The van der Waals surface area contributed by atoms with Crippen LogP contribution in [0.15, 0.2) is 18.3 Å².